The zero-order chi connectivity index (χ0) is 27.5. The molecule has 0 bridgehead atoms. The van der Waals surface area contributed by atoms with Gasteiger partial charge in [-0.15, -0.1) is 0 Å². The van der Waals surface area contributed by atoms with Crippen molar-refractivity contribution in [3.05, 3.63) is 94.5 Å². The Balaban J connectivity index is 1.73. The molecule has 0 amide bonds. The van der Waals surface area contributed by atoms with E-state index in [-0.39, 0.29) is 25.6 Å². The van der Waals surface area contributed by atoms with E-state index in [0.717, 1.165) is 11.6 Å². The molecule has 4 rings (SSSR count). The van der Waals surface area contributed by atoms with Gasteiger partial charge in [0.1, 0.15) is 4.90 Å². The first-order valence-electron chi connectivity index (χ1n) is 11.5. The quantitative estimate of drug-likeness (QED) is 0.197. The van der Waals surface area contributed by atoms with E-state index in [1.165, 1.54) is 4.31 Å². The molecule has 0 aromatic heterocycles. The van der Waals surface area contributed by atoms with Gasteiger partial charge in [-0.05, 0) is 42.3 Å². The summed E-state index contributed by atoms with van der Waals surface area (Å²) in [6.07, 6.45) is -2.77. The van der Waals surface area contributed by atoms with E-state index in [1.807, 2.05) is 31.3 Å². The summed E-state index contributed by atoms with van der Waals surface area (Å²) in [6, 6.07) is 17.7. The molecule has 0 aliphatic carbocycles. The minimum absolute atomic E-state index is 0.0286. The van der Waals surface area contributed by atoms with Crippen LogP contribution in [0.1, 0.15) is 22.7 Å². The Morgan fingerprint density at radius 2 is 1.76 bits per heavy atom. The van der Waals surface area contributed by atoms with Crippen LogP contribution in [0.2, 0.25) is 5.02 Å². The standard InChI is InChI=1S/C26H23ClF3N5O2S/c1-18-7-5-6-10-22(18)33-25(32-17-31)34-13-14-35(23(16-34)19-8-3-2-4-9-19)38(36,37)24-12-11-20(15-21(24)27)26(28,29)30/h2-12,15,23H,13-14,16H2,1H3,(H,32,33). The second kappa shape index (κ2) is 11.0. The zero-order valence-electron chi connectivity index (χ0n) is 20.2. The maximum absolute atomic E-state index is 13.7. The topological polar surface area (TPSA) is 88.8 Å². The van der Waals surface area contributed by atoms with E-state index < -0.39 is 37.7 Å². The number of nitriles is 1. The molecule has 1 aliphatic rings. The third kappa shape index (κ3) is 5.78. The van der Waals surface area contributed by atoms with Gasteiger partial charge < -0.3 is 4.90 Å². The third-order valence-electron chi connectivity index (χ3n) is 6.17. The second-order valence-corrected chi connectivity index (χ2v) is 10.9. The summed E-state index contributed by atoms with van der Waals surface area (Å²) in [5.74, 6) is 0.257. The van der Waals surface area contributed by atoms with Gasteiger partial charge in [0.25, 0.3) is 0 Å². The first kappa shape index (κ1) is 27.4. The molecule has 7 nitrogen and oxygen atoms in total. The van der Waals surface area contributed by atoms with Crippen LogP contribution in [0.5, 0.6) is 0 Å². The molecule has 1 heterocycles. The molecule has 1 saturated heterocycles. The Hall–Kier alpha value is -3.59. The fraction of sp³-hybridized carbons (Fsp3) is 0.231. The van der Waals surface area contributed by atoms with Gasteiger partial charge in [0.15, 0.2) is 6.19 Å². The van der Waals surface area contributed by atoms with E-state index in [4.69, 9.17) is 11.6 Å². The van der Waals surface area contributed by atoms with Gasteiger partial charge >= 0.3 is 6.18 Å². The number of aliphatic imine (C=N–C) groups is 1. The first-order chi connectivity index (χ1) is 18.0. The predicted molar refractivity (Wildman–Crippen MR) is 138 cm³/mol. The predicted octanol–water partition coefficient (Wildman–Crippen LogP) is 5.47. The highest BCUT2D eigenvalue weighted by atomic mass is 35.5. The number of hydrogen-bond acceptors (Lipinski definition) is 4. The number of para-hydroxylation sites is 1. The molecule has 38 heavy (non-hydrogen) atoms. The average molecular weight is 562 g/mol. The van der Waals surface area contributed by atoms with Gasteiger partial charge in [-0.1, -0.05) is 60.1 Å². The van der Waals surface area contributed by atoms with Crippen LogP contribution in [0.4, 0.5) is 18.9 Å². The lowest BCUT2D eigenvalue weighted by atomic mass is 10.0. The molecule has 1 fully saturated rings. The van der Waals surface area contributed by atoms with Crippen LogP contribution in [-0.2, 0) is 16.2 Å². The van der Waals surface area contributed by atoms with E-state index in [0.29, 0.717) is 23.4 Å². The highest BCUT2D eigenvalue weighted by molar-refractivity contribution is 7.89. The van der Waals surface area contributed by atoms with E-state index in [1.54, 1.807) is 41.3 Å². The van der Waals surface area contributed by atoms with Gasteiger partial charge in [0, 0.05) is 19.6 Å². The molecule has 1 atom stereocenters. The van der Waals surface area contributed by atoms with Crippen molar-refractivity contribution >= 4 is 33.3 Å². The number of nitrogens with one attached hydrogen (secondary N) is 1. The van der Waals surface area contributed by atoms with Crippen molar-refractivity contribution in [3.8, 4) is 6.19 Å². The monoisotopic (exact) mass is 561 g/mol. The molecular weight excluding hydrogens is 539 g/mol. The summed E-state index contributed by atoms with van der Waals surface area (Å²) in [5, 5.41) is 11.5. The highest BCUT2D eigenvalue weighted by Gasteiger charge is 2.40. The average Bonchev–Trinajstić information content (AvgIpc) is 2.89. The number of benzene rings is 3. The van der Waals surface area contributed by atoms with Crippen molar-refractivity contribution in [2.24, 2.45) is 4.99 Å². The molecule has 1 N–H and O–H groups in total. The summed E-state index contributed by atoms with van der Waals surface area (Å²) >= 11 is 6.08. The maximum Gasteiger partial charge on any atom is 0.416 e. The minimum Gasteiger partial charge on any atom is -0.339 e. The van der Waals surface area contributed by atoms with Crippen LogP contribution in [0, 0.1) is 18.4 Å². The van der Waals surface area contributed by atoms with Gasteiger partial charge in [-0.25, -0.2) is 13.4 Å². The van der Waals surface area contributed by atoms with Gasteiger partial charge in [-0.3, -0.25) is 5.32 Å². The molecule has 0 saturated carbocycles. The molecule has 12 heteroatoms. The van der Waals surface area contributed by atoms with Crippen LogP contribution in [0.25, 0.3) is 0 Å². The lowest BCUT2D eigenvalue weighted by Crippen LogP contribution is -2.54. The number of piperazine rings is 1. The molecular formula is C26H23ClF3N5O2S. The molecule has 3 aromatic rings. The molecule has 1 aliphatic heterocycles. The van der Waals surface area contributed by atoms with E-state index >= 15 is 0 Å². The van der Waals surface area contributed by atoms with Crippen molar-refractivity contribution in [2.45, 2.75) is 24.0 Å². The molecule has 3 aromatic carbocycles. The van der Waals surface area contributed by atoms with Crippen molar-refractivity contribution in [1.82, 2.24) is 14.5 Å². The summed E-state index contributed by atoms with van der Waals surface area (Å²) in [5.41, 5.74) is 1.16. The van der Waals surface area contributed by atoms with E-state index in [2.05, 4.69) is 10.3 Å². The number of hydrogen-bond donors (Lipinski definition) is 1. The largest absolute Gasteiger partial charge is 0.416 e. The van der Waals surface area contributed by atoms with Gasteiger partial charge in [0.2, 0.25) is 16.0 Å². The lowest BCUT2D eigenvalue weighted by molar-refractivity contribution is -0.137. The minimum atomic E-state index is -4.66. The maximum atomic E-state index is 13.7. The van der Waals surface area contributed by atoms with Gasteiger partial charge in [-0.2, -0.15) is 22.7 Å². The van der Waals surface area contributed by atoms with Crippen molar-refractivity contribution < 1.29 is 21.6 Å². The van der Waals surface area contributed by atoms with Crippen molar-refractivity contribution in [3.63, 3.8) is 0 Å². The van der Waals surface area contributed by atoms with Gasteiger partial charge in [0.05, 0.1) is 22.3 Å². The van der Waals surface area contributed by atoms with Crippen LogP contribution < -0.4 is 5.32 Å². The molecule has 0 spiro atoms. The summed E-state index contributed by atoms with van der Waals surface area (Å²) in [7, 11) is -4.30. The molecule has 0 radical (unpaired) electrons. The number of nitrogens with zero attached hydrogens (tertiary/aromatic N) is 4. The second-order valence-electron chi connectivity index (χ2n) is 8.59. The van der Waals surface area contributed by atoms with Crippen LogP contribution >= 0.6 is 11.6 Å². The lowest BCUT2D eigenvalue weighted by Gasteiger charge is -2.41. The molecule has 1 unspecified atom stereocenters. The Morgan fingerprint density at radius 1 is 1.08 bits per heavy atom. The van der Waals surface area contributed by atoms with Crippen molar-refractivity contribution in [2.75, 3.05) is 19.6 Å². The Kier molecular flexibility index (Phi) is 7.97. The van der Waals surface area contributed by atoms with Crippen LogP contribution in [-0.4, -0.2) is 43.2 Å². The number of alkyl halides is 3. The van der Waals surface area contributed by atoms with Crippen LogP contribution in [0.15, 0.2) is 82.7 Å². The Morgan fingerprint density at radius 3 is 2.39 bits per heavy atom. The Labute approximate surface area is 223 Å². The summed E-state index contributed by atoms with van der Waals surface area (Å²) in [4.78, 5) is 5.97. The number of aryl methyl sites for hydroxylation is 1. The summed E-state index contributed by atoms with van der Waals surface area (Å²) < 4.78 is 68.1. The summed E-state index contributed by atoms with van der Waals surface area (Å²) in [6.45, 7) is 2.15. The number of guanidine groups is 1. The fourth-order valence-electron chi connectivity index (χ4n) is 4.24. The Bertz CT molecular complexity index is 1490. The SMILES string of the molecule is Cc1ccccc1N=C(NC#N)N1CCN(S(=O)(=O)c2ccc(C(F)(F)F)cc2Cl)C(c2ccccc2)C1. The number of rotatable bonds is 4. The zero-order valence-corrected chi connectivity index (χ0v) is 21.7. The van der Waals surface area contributed by atoms with E-state index in [9.17, 15) is 26.9 Å². The molecule has 198 valence electrons. The third-order valence-corrected chi connectivity index (χ3v) is 8.56. The van der Waals surface area contributed by atoms with Crippen LogP contribution in [0.3, 0.4) is 0 Å². The number of halogens is 4. The smallest absolute Gasteiger partial charge is 0.339 e. The normalized spacial score (nSPS) is 17.2. The van der Waals surface area contributed by atoms with Crippen molar-refractivity contribution in [1.29, 1.82) is 5.26 Å². The fourth-order valence-corrected chi connectivity index (χ4v) is 6.35. The number of sulfonamides is 1. The highest BCUT2D eigenvalue weighted by Crippen LogP contribution is 2.37. The first-order valence-corrected chi connectivity index (χ1v) is 13.3.